The van der Waals surface area contributed by atoms with Crippen LogP contribution in [-0.2, 0) is 4.79 Å². The number of aromatic nitrogens is 2. The molecule has 1 aromatic heterocycles. The third kappa shape index (κ3) is 3.81. The fourth-order valence-corrected chi connectivity index (χ4v) is 1.71. The molecule has 2 N–H and O–H groups in total. The van der Waals surface area contributed by atoms with E-state index in [2.05, 4.69) is 15.5 Å². The lowest BCUT2D eigenvalue weighted by Gasteiger charge is -2.14. The summed E-state index contributed by atoms with van der Waals surface area (Å²) < 4.78 is 18.8. The first kappa shape index (κ1) is 15.0. The highest BCUT2D eigenvalue weighted by atomic mass is 19.1. The van der Waals surface area contributed by atoms with Crippen LogP contribution in [-0.4, -0.2) is 22.2 Å². The standard InChI is InChI=1S/C15H18FN3O2/c1-9(2)12-8-14(19-18-12)17-15(20)10(3)21-13-7-5-4-6-11(13)16/h4-10H,1-3H3,(H2,17,18,19,20). The number of amides is 1. The number of anilines is 1. The lowest BCUT2D eigenvalue weighted by Crippen LogP contribution is -2.30. The molecule has 112 valence electrons. The van der Waals surface area contributed by atoms with Gasteiger partial charge in [0.1, 0.15) is 0 Å². The molecule has 5 nitrogen and oxygen atoms in total. The third-order valence-corrected chi connectivity index (χ3v) is 2.98. The van der Waals surface area contributed by atoms with Gasteiger partial charge in [0.05, 0.1) is 0 Å². The van der Waals surface area contributed by atoms with Gasteiger partial charge in [-0.25, -0.2) is 4.39 Å². The van der Waals surface area contributed by atoms with Gasteiger partial charge in [-0.3, -0.25) is 9.89 Å². The van der Waals surface area contributed by atoms with E-state index in [9.17, 15) is 9.18 Å². The van der Waals surface area contributed by atoms with Gasteiger partial charge in [-0.15, -0.1) is 0 Å². The van der Waals surface area contributed by atoms with Crippen molar-refractivity contribution in [3.8, 4) is 5.75 Å². The summed E-state index contributed by atoms with van der Waals surface area (Å²) in [6.45, 7) is 5.59. The maximum absolute atomic E-state index is 13.5. The Morgan fingerprint density at radius 2 is 2.05 bits per heavy atom. The lowest BCUT2D eigenvalue weighted by atomic mass is 10.1. The zero-order chi connectivity index (χ0) is 15.4. The normalized spacial score (nSPS) is 12.2. The number of ether oxygens (including phenoxy) is 1. The Balaban J connectivity index is 1.97. The van der Waals surface area contributed by atoms with Crippen LogP contribution < -0.4 is 10.1 Å². The van der Waals surface area contributed by atoms with Gasteiger partial charge in [-0.05, 0) is 25.0 Å². The second-order valence-corrected chi connectivity index (χ2v) is 5.04. The Morgan fingerprint density at radius 1 is 1.33 bits per heavy atom. The van der Waals surface area contributed by atoms with E-state index in [1.54, 1.807) is 25.1 Å². The van der Waals surface area contributed by atoms with Gasteiger partial charge in [-0.1, -0.05) is 26.0 Å². The van der Waals surface area contributed by atoms with Gasteiger partial charge in [0, 0.05) is 11.8 Å². The zero-order valence-corrected chi connectivity index (χ0v) is 12.2. The van der Waals surface area contributed by atoms with Crippen molar-refractivity contribution in [3.05, 3.63) is 41.8 Å². The minimum Gasteiger partial charge on any atom is -0.478 e. The van der Waals surface area contributed by atoms with Crippen LogP contribution in [0.25, 0.3) is 0 Å². The number of nitrogens with zero attached hydrogens (tertiary/aromatic N) is 1. The molecule has 0 spiro atoms. The number of para-hydroxylation sites is 1. The summed E-state index contributed by atoms with van der Waals surface area (Å²) in [6, 6.07) is 7.72. The summed E-state index contributed by atoms with van der Waals surface area (Å²) in [7, 11) is 0. The molecule has 1 heterocycles. The van der Waals surface area contributed by atoms with E-state index in [1.807, 2.05) is 13.8 Å². The predicted molar refractivity (Wildman–Crippen MR) is 77.8 cm³/mol. The molecule has 0 aliphatic rings. The molecule has 0 aliphatic heterocycles. The number of halogens is 1. The SMILES string of the molecule is CC(Oc1ccccc1F)C(=O)Nc1cc(C(C)C)[nH]n1. The van der Waals surface area contributed by atoms with Crippen LogP contribution in [0.3, 0.4) is 0 Å². The molecule has 1 atom stereocenters. The average Bonchev–Trinajstić information content (AvgIpc) is 2.90. The molecular weight excluding hydrogens is 273 g/mol. The highest BCUT2D eigenvalue weighted by Gasteiger charge is 2.17. The number of benzene rings is 1. The summed E-state index contributed by atoms with van der Waals surface area (Å²) in [4.78, 5) is 12.0. The summed E-state index contributed by atoms with van der Waals surface area (Å²) >= 11 is 0. The molecule has 0 fully saturated rings. The predicted octanol–water partition coefficient (Wildman–Crippen LogP) is 3.08. The number of H-pyrrole nitrogens is 1. The maximum Gasteiger partial charge on any atom is 0.266 e. The number of hydrogen-bond acceptors (Lipinski definition) is 3. The molecule has 0 bridgehead atoms. The maximum atomic E-state index is 13.5. The van der Waals surface area contributed by atoms with E-state index in [-0.39, 0.29) is 17.6 Å². The van der Waals surface area contributed by atoms with Crippen molar-refractivity contribution >= 4 is 11.7 Å². The van der Waals surface area contributed by atoms with E-state index < -0.39 is 11.9 Å². The van der Waals surface area contributed by atoms with Crippen LogP contribution in [0.1, 0.15) is 32.4 Å². The number of rotatable bonds is 5. The molecule has 1 unspecified atom stereocenters. The van der Waals surface area contributed by atoms with Crippen molar-refractivity contribution in [3.63, 3.8) is 0 Å². The largest absolute Gasteiger partial charge is 0.478 e. The molecule has 1 amide bonds. The van der Waals surface area contributed by atoms with Crippen LogP contribution in [0.5, 0.6) is 5.75 Å². The number of carbonyl (C=O) groups is 1. The van der Waals surface area contributed by atoms with Crippen molar-refractivity contribution < 1.29 is 13.9 Å². The smallest absolute Gasteiger partial charge is 0.266 e. The highest BCUT2D eigenvalue weighted by molar-refractivity contribution is 5.93. The van der Waals surface area contributed by atoms with E-state index in [4.69, 9.17) is 4.74 Å². The first-order chi connectivity index (χ1) is 9.97. The Kier molecular flexibility index (Phi) is 4.57. The van der Waals surface area contributed by atoms with Crippen LogP contribution in [0.15, 0.2) is 30.3 Å². The second kappa shape index (κ2) is 6.39. The Labute approximate surface area is 122 Å². The minimum atomic E-state index is -0.832. The quantitative estimate of drug-likeness (QED) is 0.889. The van der Waals surface area contributed by atoms with E-state index in [1.165, 1.54) is 12.1 Å². The van der Waals surface area contributed by atoms with Gasteiger partial charge >= 0.3 is 0 Å². The van der Waals surface area contributed by atoms with E-state index in [0.717, 1.165) is 5.69 Å². The van der Waals surface area contributed by atoms with Crippen LogP contribution in [0.4, 0.5) is 10.2 Å². The van der Waals surface area contributed by atoms with Crippen molar-refractivity contribution in [1.29, 1.82) is 0 Å². The van der Waals surface area contributed by atoms with Gasteiger partial charge in [0.25, 0.3) is 5.91 Å². The fraction of sp³-hybridized carbons (Fsp3) is 0.333. The lowest BCUT2D eigenvalue weighted by molar-refractivity contribution is -0.122. The minimum absolute atomic E-state index is 0.0463. The van der Waals surface area contributed by atoms with Gasteiger partial charge < -0.3 is 10.1 Å². The Hall–Kier alpha value is -2.37. The van der Waals surface area contributed by atoms with E-state index >= 15 is 0 Å². The molecule has 0 saturated carbocycles. The van der Waals surface area contributed by atoms with Crippen LogP contribution in [0.2, 0.25) is 0 Å². The van der Waals surface area contributed by atoms with Crippen molar-refractivity contribution in [2.24, 2.45) is 0 Å². The molecule has 0 radical (unpaired) electrons. The highest BCUT2D eigenvalue weighted by Crippen LogP contribution is 2.18. The van der Waals surface area contributed by atoms with Gasteiger partial charge in [-0.2, -0.15) is 5.10 Å². The molecular formula is C15H18FN3O2. The number of carbonyl (C=O) groups excluding carboxylic acids is 1. The number of hydrogen-bond donors (Lipinski definition) is 2. The Bertz CT molecular complexity index is 625. The molecule has 6 heteroatoms. The molecule has 2 rings (SSSR count). The average molecular weight is 291 g/mol. The Morgan fingerprint density at radius 3 is 2.67 bits per heavy atom. The molecule has 0 aliphatic carbocycles. The zero-order valence-electron chi connectivity index (χ0n) is 12.2. The van der Waals surface area contributed by atoms with Crippen molar-refractivity contribution in [1.82, 2.24) is 10.2 Å². The first-order valence-electron chi connectivity index (χ1n) is 6.74. The summed E-state index contributed by atoms with van der Waals surface area (Å²) in [5, 5.41) is 9.47. The molecule has 1 aromatic carbocycles. The summed E-state index contributed by atoms with van der Waals surface area (Å²) in [5.41, 5.74) is 0.924. The topological polar surface area (TPSA) is 67.0 Å². The van der Waals surface area contributed by atoms with Crippen LogP contribution in [0, 0.1) is 5.82 Å². The molecule has 21 heavy (non-hydrogen) atoms. The van der Waals surface area contributed by atoms with Gasteiger partial charge in [0.15, 0.2) is 23.5 Å². The van der Waals surface area contributed by atoms with Crippen molar-refractivity contribution in [2.75, 3.05) is 5.32 Å². The molecule has 2 aromatic rings. The second-order valence-electron chi connectivity index (χ2n) is 5.04. The summed E-state index contributed by atoms with van der Waals surface area (Å²) in [6.07, 6.45) is -0.832. The van der Waals surface area contributed by atoms with Crippen LogP contribution >= 0.6 is 0 Å². The number of nitrogens with one attached hydrogen (secondary N) is 2. The summed E-state index contributed by atoms with van der Waals surface area (Å²) in [5.74, 6) is -0.132. The van der Waals surface area contributed by atoms with E-state index in [0.29, 0.717) is 5.82 Å². The van der Waals surface area contributed by atoms with Crippen molar-refractivity contribution in [2.45, 2.75) is 32.8 Å². The van der Waals surface area contributed by atoms with Gasteiger partial charge in [0.2, 0.25) is 0 Å². The first-order valence-corrected chi connectivity index (χ1v) is 6.74. The third-order valence-electron chi connectivity index (χ3n) is 2.98. The monoisotopic (exact) mass is 291 g/mol. The molecule has 0 saturated heterocycles. The fourth-order valence-electron chi connectivity index (χ4n) is 1.71. The number of aromatic amines is 1.